The molecule has 4 nitrogen and oxygen atoms in total. The van der Waals surface area contributed by atoms with E-state index in [9.17, 15) is 4.79 Å². The molecule has 1 aliphatic rings. The minimum atomic E-state index is -0.208. The van der Waals surface area contributed by atoms with Crippen LogP contribution in [0, 0.1) is 0 Å². The third-order valence-electron chi connectivity index (χ3n) is 3.58. The molecule has 0 spiro atoms. The van der Waals surface area contributed by atoms with Crippen molar-refractivity contribution >= 4 is 11.6 Å². The third-order valence-corrected chi connectivity index (χ3v) is 3.58. The van der Waals surface area contributed by atoms with E-state index in [2.05, 4.69) is 4.98 Å². The molecule has 19 heavy (non-hydrogen) atoms. The van der Waals surface area contributed by atoms with Crippen LogP contribution in [0.2, 0.25) is 0 Å². The number of carbonyl (C=O) groups excluding carboxylic acids is 1. The highest BCUT2D eigenvalue weighted by atomic mass is 16.2. The van der Waals surface area contributed by atoms with E-state index >= 15 is 0 Å². The van der Waals surface area contributed by atoms with Crippen LogP contribution in [0.15, 0.2) is 42.7 Å². The standard InChI is InChI=1S/C15H15N3O/c1-18-13-5-4-10(7-12(13)8-14(18)19)15(16)11-3-2-6-17-9-11/h2-7,9,15H,8,16H2,1H3. The number of aromatic nitrogens is 1. The van der Waals surface area contributed by atoms with Gasteiger partial charge in [-0.1, -0.05) is 18.2 Å². The maximum Gasteiger partial charge on any atom is 0.231 e. The number of amides is 1. The van der Waals surface area contributed by atoms with E-state index in [-0.39, 0.29) is 11.9 Å². The van der Waals surface area contributed by atoms with Crippen LogP contribution >= 0.6 is 0 Å². The molecule has 1 aliphatic heterocycles. The van der Waals surface area contributed by atoms with Crippen LogP contribution in [0.1, 0.15) is 22.7 Å². The summed E-state index contributed by atoms with van der Waals surface area (Å²) in [6.45, 7) is 0. The summed E-state index contributed by atoms with van der Waals surface area (Å²) in [5.74, 6) is 0.127. The summed E-state index contributed by atoms with van der Waals surface area (Å²) in [7, 11) is 1.80. The zero-order valence-electron chi connectivity index (χ0n) is 10.7. The van der Waals surface area contributed by atoms with E-state index in [1.165, 1.54) is 0 Å². The van der Waals surface area contributed by atoms with E-state index in [0.29, 0.717) is 6.42 Å². The monoisotopic (exact) mass is 253 g/mol. The number of carbonyl (C=O) groups is 1. The van der Waals surface area contributed by atoms with Crippen LogP contribution in [0.25, 0.3) is 0 Å². The van der Waals surface area contributed by atoms with Crippen molar-refractivity contribution in [3.05, 3.63) is 59.4 Å². The second kappa shape index (κ2) is 4.48. The van der Waals surface area contributed by atoms with Gasteiger partial charge in [0.25, 0.3) is 0 Å². The van der Waals surface area contributed by atoms with E-state index in [4.69, 9.17) is 5.73 Å². The first-order valence-electron chi connectivity index (χ1n) is 6.21. The molecule has 0 bridgehead atoms. The fraction of sp³-hybridized carbons (Fsp3) is 0.200. The molecule has 0 saturated heterocycles. The highest BCUT2D eigenvalue weighted by Crippen LogP contribution is 2.30. The van der Waals surface area contributed by atoms with Crippen molar-refractivity contribution in [2.24, 2.45) is 5.73 Å². The second-order valence-electron chi connectivity index (χ2n) is 4.78. The molecule has 4 heteroatoms. The summed E-state index contributed by atoms with van der Waals surface area (Å²) in [6, 6.07) is 9.59. The molecule has 1 atom stereocenters. The molecule has 0 radical (unpaired) electrons. The molecule has 3 rings (SSSR count). The first-order chi connectivity index (χ1) is 9.16. The maximum absolute atomic E-state index is 11.7. The van der Waals surface area contributed by atoms with Crippen LogP contribution < -0.4 is 10.6 Å². The third kappa shape index (κ3) is 2.00. The summed E-state index contributed by atoms with van der Waals surface area (Å²) < 4.78 is 0. The Bertz CT molecular complexity index is 625. The lowest BCUT2D eigenvalue weighted by Gasteiger charge is -2.14. The van der Waals surface area contributed by atoms with Gasteiger partial charge in [0.1, 0.15) is 0 Å². The molecular weight excluding hydrogens is 238 g/mol. The Balaban J connectivity index is 1.96. The summed E-state index contributed by atoms with van der Waals surface area (Å²) in [6.07, 6.45) is 3.96. The van der Waals surface area contributed by atoms with Gasteiger partial charge in [0, 0.05) is 25.1 Å². The first-order valence-corrected chi connectivity index (χ1v) is 6.21. The van der Waals surface area contributed by atoms with Crippen molar-refractivity contribution in [3.63, 3.8) is 0 Å². The van der Waals surface area contributed by atoms with Crippen LogP contribution in [-0.4, -0.2) is 17.9 Å². The predicted molar refractivity (Wildman–Crippen MR) is 73.8 cm³/mol. The van der Waals surface area contributed by atoms with Gasteiger partial charge in [-0.3, -0.25) is 9.78 Å². The topological polar surface area (TPSA) is 59.2 Å². The lowest BCUT2D eigenvalue weighted by atomic mass is 9.98. The molecule has 2 N–H and O–H groups in total. The zero-order valence-corrected chi connectivity index (χ0v) is 10.7. The normalized spacial score (nSPS) is 15.5. The van der Waals surface area contributed by atoms with Crippen molar-refractivity contribution in [1.82, 2.24) is 4.98 Å². The van der Waals surface area contributed by atoms with Gasteiger partial charge in [0.05, 0.1) is 12.5 Å². The average Bonchev–Trinajstić information content (AvgIpc) is 2.74. The molecule has 1 aromatic carbocycles. The van der Waals surface area contributed by atoms with Crippen molar-refractivity contribution in [1.29, 1.82) is 0 Å². The van der Waals surface area contributed by atoms with E-state index in [1.807, 2.05) is 30.3 Å². The SMILES string of the molecule is CN1C(=O)Cc2cc(C(N)c3cccnc3)ccc21. The van der Waals surface area contributed by atoms with E-state index < -0.39 is 0 Å². The molecule has 96 valence electrons. The highest BCUT2D eigenvalue weighted by Gasteiger charge is 2.24. The minimum Gasteiger partial charge on any atom is -0.320 e. The second-order valence-corrected chi connectivity index (χ2v) is 4.78. The van der Waals surface area contributed by atoms with Crippen LogP contribution in [0.5, 0.6) is 0 Å². The Morgan fingerprint density at radius 1 is 1.32 bits per heavy atom. The van der Waals surface area contributed by atoms with Crippen molar-refractivity contribution < 1.29 is 4.79 Å². The summed E-state index contributed by atoms with van der Waals surface area (Å²) in [5, 5.41) is 0. The van der Waals surface area contributed by atoms with Gasteiger partial charge in [0.15, 0.2) is 0 Å². The maximum atomic E-state index is 11.7. The Hall–Kier alpha value is -2.20. The van der Waals surface area contributed by atoms with Gasteiger partial charge in [-0.05, 0) is 28.8 Å². The molecule has 0 fully saturated rings. The number of nitrogens with zero attached hydrogens (tertiary/aromatic N) is 2. The Kier molecular flexibility index (Phi) is 2.80. The summed E-state index contributed by atoms with van der Waals surface area (Å²) in [5.41, 5.74) is 10.2. The van der Waals surface area contributed by atoms with Crippen LogP contribution in [0.3, 0.4) is 0 Å². The van der Waals surface area contributed by atoms with Crippen molar-refractivity contribution in [2.45, 2.75) is 12.5 Å². The smallest absolute Gasteiger partial charge is 0.231 e. The summed E-state index contributed by atoms with van der Waals surface area (Å²) in [4.78, 5) is 17.4. The van der Waals surface area contributed by atoms with Crippen LogP contribution in [0.4, 0.5) is 5.69 Å². The quantitative estimate of drug-likeness (QED) is 0.885. The van der Waals surface area contributed by atoms with Crippen LogP contribution in [-0.2, 0) is 11.2 Å². The lowest BCUT2D eigenvalue weighted by Crippen LogP contribution is -2.20. The van der Waals surface area contributed by atoms with Gasteiger partial charge in [0.2, 0.25) is 5.91 Å². The number of rotatable bonds is 2. The first kappa shape index (κ1) is 11.9. The van der Waals surface area contributed by atoms with Crippen molar-refractivity contribution in [2.75, 3.05) is 11.9 Å². The Morgan fingerprint density at radius 2 is 2.16 bits per heavy atom. The van der Waals surface area contributed by atoms with Gasteiger partial charge < -0.3 is 10.6 Å². The molecule has 1 unspecified atom stereocenters. The van der Waals surface area contributed by atoms with Gasteiger partial charge >= 0.3 is 0 Å². The predicted octanol–water partition coefficient (Wildman–Crippen LogP) is 1.65. The average molecular weight is 253 g/mol. The fourth-order valence-electron chi connectivity index (χ4n) is 2.44. The highest BCUT2D eigenvalue weighted by molar-refractivity contribution is 6.00. The number of nitrogens with two attached hydrogens (primary N) is 1. The largest absolute Gasteiger partial charge is 0.320 e. The molecule has 1 amide bonds. The lowest BCUT2D eigenvalue weighted by molar-refractivity contribution is -0.117. The Labute approximate surface area is 111 Å². The molecular formula is C15H15N3O. The van der Waals surface area contributed by atoms with E-state index in [0.717, 1.165) is 22.4 Å². The van der Waals surface area contributed by atoms with Gasteiger partial charge in [-0.2, -0.15) is 0 Å². The van der Waals surface area contributed by atoms with Gasteiger partial charge in [-0.25, -0.2) is 0 Å². The molecule has 0 aliphatic carbocycles. The number of likely N-dealkylation sites (N-methyl/N-ethyl adjacent to an activating group) is 1. The number of hydrogen-bond acceptors (Lipinski definition) is 3. The number of anilines is 1. The zero-order chi connectivity index (χ0) is 13.4. The fourth-order valence-corrected chi connectivity index (χ4v) is 2.44. The molecule has 0 saturated carbocycles. The number of benzene rings is 1. The number of fused-ring (bicyclic) bond motifs is 1. The van der Waals surface area contributed by atoms with Gasteiger partial charge in [-0.15, -0.1) is 0 Å². The molecule has 2 aromatic rings. The summed E-state index contributed by atoms with van der Waals surface area (Å²) >= 11 is 0. The van der Waals surface area contributed by atoms with Crippen molar-refractivity contribution in [3.8, 4) is 0 Å². The molecule has 1 aromatic heterocycles. The molecule has 2 heterocycles. The Morgan fingerprint density at radius 3 is 2.89 bits per heavy atom. The number of pyridine rings is 1. The van der Waals surface area contributed by atoms with E-state index in [1.54, 1.807) is 24.3 Å². The minimum absolute atomic E-state index is 0.127. The number of hydrogen-bond donors (Lipinski definition) is 1.